The fourth-order valence-corrected chi connectivity index (χ4v) is 4.40. The summed E-state index contributed by atoms with van der Waals surface area (Å²) in [4.78, 5) is 19.7. The SMILES string of the molecule is COc1ccc(C)c2sc(N(Cc3ccccc3)C(=O)COc3cccc(C)c3)nc12. The van der Waals surface area contributed by atoms with Crippen LogP contribution in [0.15, 0.2) is 66.7 Å². The topological polar surface area (TPSA) is 51.7 Å². The lowest BCUT2D eigenvalue weighted by atomic mass is 10.2. The Hall–Kier alpha value is -3.38. The van der Waals surface area contributed by atoms with Crippen molar-refractivity contribution in [2.24, 2.45) is 0 Å². The number of hydrogen-bond donors (Lipinski definition) is 0. The van der Waals surface area contributed by atoms with Gasteiger partial charge < -0.3 is 9.47 Å². The van der Waals surface area contributed by atoms with E-state index >= 15 is 0 Å². The summed E-state index contributed by atoms with van der Waals surface area (Å²) in [5.41, 5.74) is 3.98. The molecule has 0 saturated heterocycles. The zero-order chi connectivity index (χ0) is 21.8. The van der Waals surface area contributed by atoms with Crippen molar-refractivity contribution in [2.75, 3.05) is 18.6 Å². The molecule has 5 nitrogen and oxygen atoms in total. The summed E-state index contributed by atoms with van der Waals surface area (Å²) in [5, 5.41) is 0.629. The summed E-state index contributed by atoms with van der Waals surface area (Å²) in [7, 11) is 1.63. The van der Waals surface area contributed by atoms with Gasteiger partial charge in [-0.15, -0.1) is 0 Å². The van der Waals surface area contributed by atoms with Gasteiger partial charge in [0.2, 0.25) is 0 Å². The molecular formula is C25H24N2O3S. The highest BCUT2D eigenvalue weighted by atomic mass is 32.1. The molecule has 0 spiro atoms. The van der Waals surface area contributed by atoms with Gasteiger partial charge in [-0.1, -0.05) is 59.9 Å². The van der Waals surface area contributed by atoms with E-state index in [4.69, 9.17) is 14.5 Å². The predicted molar refractivity (Wildman–Crippen MR) is 125 cm³/mol. The van der Waals surface area contributed by atoms with Gasteiger partial charge >= 0.3 is 0 Å². The summed E-state index contributed by atoms with van der Waals surface area (Å²) in [6, 6.07) is 21.5. The van der Waals surface area contributed by atoms with Gasteiger partial charge in [0.1, 0.15) is 17.0 Å². The van der Waals surface area contributed by atoms with E-state index < -0.39 is 0 Å². The van der Waals surface area contributed by atoms with E-state index in [0.29, 0.717) is 23.2 Å². The smallest absolute Gasteiger partial charge is 0.267 e. The molecule has 31 heavy (non-hydrogen) atoms. The Labute approximate surface area is 185 Å². The average Bonchev–Trinajstić information content (AvgIpc) is 3.23. The number of aromatic nitrogens is 1. The molecule has 6 heteroatoms. The summed E-state index contributed by atoms with van der Waals surface area (Å²) in [6.07, 6.45) is 0. The van der Waals surface area contributed by atoms with Gasteiger partial charge in [-0.3, -0.25) is 9.69 Å². The van der Waals surface area contributed by atoms with Crippen LogP contribution in [0.1, 0.15) is 16.7 Å². The molecule has 0 radical (unpaired) electrons. The van der Waals surface area contributed by atoms with Crippen molar-refractivity contribution in [3.8, 4) is 11.5 Å². The number of nitrogens with zero attached hydrogens (tertiary/aromatic N) is 2. The molecule has 0 atom stereocenters. The van der Waals surface area contributed by atoms with Crippen LogP contribution in [0.3, 0.4) is 0 Å². The molecule has 0 bridgehead atoms. The molecule has 1 aromatic heterocycles. The number of thiazole rings is 1. The summed E-state index contributed by atoms with van der Waals surface area (Å²) < 4.78 is 12.3. The Morgan fingerprint density at radius 3 is 2.58 bits per heavy atom. The van der Waals surface area contributed by atoms with Crippen molar-refractivity contribution >= 4 is 32.6 Å². The van der Waals surface area contributed by atoms with E-state index in [-0.39, 0.29) is 12.5 Å². The Bertz CT molecular complexity index is 1200. The number of benzene rings is 3. The van der Waals surface area contributed by atoms with Gasteiger partial charge in [-0.05, 0) is 48.7 Å². The number of anilines is 1. The second kappa shape index (κ2) is 9.18. The average molecular weight is 433 g/mol. The molecule has 0 aliphatic rings. The fraction of sp³-hybridized carbons (Fsp3) is 0.200. The monoisotopic (exact) mass is 432 g/mol. The maximum atomic E-state index is 13.3. The molecule has 158 valence electrons. The molecule has 1 heterocycles. The van der Waals surface area contributed by atoms with E-state index in [0.717, 1.165) is 26.9 Å². The van der Waals surface area contributed by atoms with E-state index in [2.05, 4.69) is 0 Å². The molecule has 0 aliphatic carbocycles. The van der Waals surface area contributed by atoms with Crippen LogP contribution in [0.2, 0.25) is 0 Å². The van der Waals surface area contributed by atoms with Crippen LogP contribution < -0.4 is 14.4 Å². The molecular weight excluding hydrogens is 408 g/mol. The molecule has 4 aromatic rings. The molecule has 4 rings (SSSR count). The van der Waals surface area contributed by atoms with E-state index in [1.54, 1.807) is 12.0 Å². The molecule has 0 saturated carbocycles. The quantitative estimate of drug-likeness (QED) is 0.385. The first-order valence-electron chi connectivity index (χ1n) is 10.0. The summed E-state index contributed by atoms with van der Waals surface area (Å²) >= 11 is 1.49. The highest BCUT2D eigenvalue weighted by Gasteiger charge is 2.22. The standard InChI is InChI=1S/C25H24N2O3S/c1-17-8-7-11-20(14-17)30-16-22(28)27(15-19-9-5-4-6-10-19)25-26-23-21(29-3)13-12-18(2)24(23)31-25/h4-14H,15-16H2,1-3H3. The minimum absolute atomic E-state index is 0.0671. The number of rotatable bonds is 7. The number of methoxy groups -OCH3 is 1. The number of hydrogen-bond acceptors (Lipinski definition) is 5. The van der Waals surface area contributed by atoms with Crippen molar-refractivity contribution in [2.45, 2.75) is 20.4 Å². The number of fused-ring (bicyclic) bond motifs is 1. The normalized spacial score (nSPS) is 10.8. The van der Waals surface area contributed by atoms with Gasteiger partial charge in [-0.2, -0.15) is 0 Å². The minimum Gasteiger partial charge on any atom is -0.494 e. The third-order valence-electron chi connectivity index (χ3n) is 4.98. The van der Waals surface area contributed by atoms with Crippen molar-refractivity contribution in [1.82, 2.24) is 4.98 Å². The first kappa shape index (κ1) is 20.9. The summed E-state index contributed by atoms with van der Waals surface area (Å²) in [6.45, 7) is 4.38. The number of amides is 1. The lowest BCUT2D eigenvalue weighted by molar-refractivity contribution is -0.120. The highest BCUT2D eigenvalue weighted by Crippen LogP contribution is 2.37. The van der Waals surface area contributed by atoms with Crippen molar-refractivity contribution < 1.29 is 14.3 Å². The third kappa shape index (κ3) is 4.70. The number of ether oxygens (including phenoxy) is 2. The fourth-order valence-electron chi connectivity index (χ4n) is 3.34. The molecule has 0 N–H and O–H groups in total. The van der Waals surface area contributed by atoms with Crippen molar-refractivity contribution in [1.29, 1.82) is 0 Å². The Morgan fingerprint density at radius 1 is 1.03 bits per heavy atom. The van der Waals surface area contributed by atoms with E-state index in [1.807, 2.05) is 80.6 Å². The lowest BCUT2D eigenvalue weighted by Gasteiger charge is -2.20. The van der Waals surface area contributed by atoms with Gasteiger partial charge in [0.25, 0.3) is 5.91 Å². The van der Waals surface area contributed by atoms with Crippen LogP contribution in [0.25, 0.3) is 10.2 Å². The van der Waals surface area contributed by atoms with Gasteiger partial charge in [0, 0.05) is 0 Å². The van der Waals surface area contributed by atoms with Crippen LogP contribution in [0.5, 0.6) is 11.5 Å². The van der Waals surface area contributed by atoms with Crippen LogP contribution in [0.4, 0.5) is 5.13 Å². The molecule has 0 aliphatic heterocycles. The molecule has 1 amide bonds. The number of carbonyl (C=O) groups is 1. The van der Waals surface area contributed by atoms with E-state index in [9.17, 15) is 4.79 Å². The Morgan fingerprint density at radius 2 is 1.84 bits per heavy atom. The molecule has 3 aromatic carbocycles. The molecule has 0 unspecified atom stereocenters. The van der Waals surface area contributed by atoms with Gasteiger partial charge in [0.05, 0.1) is 18.4 Å². The van der Waals surface area contributed by atoms with E-state index in [1.165, 1.54) is 11.3 Å². The van der Waals surface area contributed by atoms with Crippen LogP contribution >= 0.6 is 11.3 Å². The predicted octanol–water partition coefficient (Wildman–Crippen LogP) is 5.53. The third-order valence-corrected chi connectivity index (χ3v) is 6.19. The maximum absolute atomic E-state index is 13.3. The zero-order valence-electron chi connectivity index (χ0n) is 17.8. The first-order chi connectivity index (χ1) is 15.0. The Balaban J connectivity index is 1.66. The zero-order valence-corrected chi connectivity index (χ0v) is 18.6. The van der Waals surface area contributed by atoms with Gasteiger partial charge in [0.15, 0.2) is 11.7 Å². The largest absolute Gasteiger partial charge is 0.494 e. The Kier molecular flexibility index (Phi) is 6.18. The minimum atomic E-state index is -0.152. The number of aryl methyl sites for hydroxylation is 2. The lowest BCUT2D eigenvalue weighted by Crippen LogP contribution is -2.34. The second-order valence-corrected chi connectivity index (χ2v) is 8.31. The maximum Gasteiger partial charge on any atom is 0.267 e. The van der Waals surface area contributed by atoms with Crippen LogP contribution in [-0.4, -0.2) is 24.6 Å². The summed E-state index contributed by atoms with van der Waals surface area (Å²) in [5.74, 6) is 1.22. The van der Waals surface area contributed by atoms with Gasteiger partial charge in [-0.25, -0.2) is 4.98 Å². The van der Waals surface area contributed by atoms with Crippen LogP contribution in [-0.2, 0) is 11.3 Å². The van der Waals surface area contributed by atoms with Crippen molar-refractivity contribution in [3.63, 3.8) is 0 Å². The molecule has 0 fully saturated rings. The first-order valence-corrected chi connectivity index (χ1v) is 10.8. The highest BCUT2D eigenvalue weighted by molar-refractivity contribution is 7.22. The van der Waals surface area contributed by atoms with Crippen LogP contribution in [0, 0.1) is 13.8 Å². The van der Waals surface area contributed by atoms with Crippen molar-refractivity contribution in [3.05, 3.63) is 83.4 Å². The number of carbonyl (C=O) groups excluding carboxylic acids is 1. The second-order valence-electron chi connectivity index (χ2n) is 7.33.